The number of nitrogens with one attached hydrogen (secondary N) is 2. The SMILES string of the molecule is CN=C(NCCC1=CCOCC1)N1CCN(CC(=O)NC(C)C)CC1.I. The highest BCUT2D eigenvalue weighted by Gasteiger charge is 2.21. The Bertz CT molecular complexity index is 488. The maximum absolute atomic E-state index is 11.9. The largest absolute Gasteiger partial charge is 0.377 e. The molecule has 0 aromatic carbocycles. The number of carbonyl (C=O) groups excluding carboxylic acids is 1. The van der Waals surface area contributed by atoms with E-state index < -0.39 is 0 Å². The molecule has 2 rings (SSSR count). The lowest BCUT2D eigenvalue weighted by atomic mass is 10.1. The second-order valence-corrected chi connectivity index (χ2v) is 6.90. The van der Waals surface area contributed by atoms with Crippen molar-refractivity contribution in [1.29, 1.82) is 0 Å². The van der Waals surface area contributed by atoms with Crippen molar-refractivity contribution in [2.24, 2.45) is 4.99 Å². The predicted molar refractivity (Wildman–Crippen MR) is 116 cm³/mol. The van der Waals surface area contributed by atoms with Crippen molar-refractivity contribution in [3.8, 4) is 0 Å². The number of rotatable bonds is 6. The number of piperazine rings is 1. The van der Waals surface area contributed by atoms with Crippen molar-refractivity contribution in [1.82, 2.24) is 20.4 Å². The van der Waals surface area contributed by atoms with Crippen LogP contribution in [-0.2, 0) is 9.53 Å². The number of hydrogen-bond acceptors (Lipinski definition) is 4. The molecule has 8 heteroatoms. The molecular formula is C18H34IN5O2. The first kappa shape index (κ1) is 23.2. The van der Waals surface area contributed by atoms with Crippen molar-refractivity contribution in [3.05, 3.63) is 11.6 Å². The van der Waals surface area contributed by atoms with Gasteiger partial charge in [-0.3, -0.25) is 14.7 Å². The van der Waals surface area contributed by atoms with E-state index in [2.05, 4.69) is 31.5 Å². The Morgan fingerprint density at radius 2 is 2.04 bits per heavy atom. The minimum Gasteiger partial charge on any atom is -0.377 e. The lowest BCUT2D eigenvalue weighted by Crippen LogP contribution is -2.54. The molecule has 0 spiro atoms. The fourth-order valence-corrected chi connectivity index (χ4v) is 3.15. The third kappa shape index (κ3) is 8.22. The zero-order valence-corrected chi connectivity index (χ0v) is 18.6. The fraction of sp³-hybridized carbons (Fsp3) is 0.778. The molecule has 0 unspecified atom stereocenters. The molecule has 0 aliphatic carbocycles. The van der Waals surface area contributed by atoms with E-state index in [0.717, 1.165) is 64.7 Å². The first-order chi connectivity index (χ1) is 12.1. The van der Waals surface area contributed by atoms with Crippen LogP contribution in [0.2, 0.25) is 0 Å². The van der Waals surface area contributed by atoms with Gasteiger partial charge in [-0.25, -0.2) is 0 Å². The number of aliphatic imine (C=N–C) groups is 1. The zero-order chi connectivity index (χ0) is 18.1. The summed E-state index contributed by atoms with van der Waals surface area (Å²) in [5, 5.41) is 6.41. The minimum absolute atomic E-state index is 0. The normalized spacial score (nSPS) is 19.0. The smallest absolute Gasteiger partial charge is 0.234 e. The van der Waals surface area contributed by atoms with Crippen LogP contribution in [0.25, 0.3) is 0 Å². The first-order valence-electron chi connectivity index (χ1n) is 9.31. The zero-order valence-electron chi connectivity index (χ0n) is 16.3. The molecule has 7 nitrogen and oxygen atoms in total. The second kappa shape index (κ2) is 12.5. The van der Waals surface area contributed by atoms with E-state index in [4.69, 9.17) is 4.74 Å². The van der Waals surface area contributed by atoms with Crippen LogP contribution in [0.4, 0.5) is 0 Å². The van der Waals surface area contributed by atoms with Crippen LogP contribution < -0.4 is 10.6 Å². The van der Waals surface area contributed by atoms with Crippen molar-refractivity contribution in [2.45, 2.75) is 32.7 Å². The maximum atomic E-state index is 11.9. The second-order valence-electron chi connectivity index (χ2n) is 6.90. The van der Waals surface area contributed by atoms with Crippen molar-refractivity contribution in [2.75, 3.05) is 59.5 Å². The third-order valence-corrected chi connectivity index (χ3v) is 4.49. The Morgan fingerprint density at radius 3 is 2.62 bits per heavy atom. The van der Waals surface area contributed by atoms with Crippen LogP contribution in [0.5, 0.6) is 0 Å². The van der Waals surface area contributed by atoms with Gasteiger partial charge in [-0.2, -0.15) is 0 Å². The lowest BCUT2D eigenvalue weighted by molar-refractivity contribution is -0.123. The van der Waals surface area contributed by atoms with Crippen LogP contribution in [0.15, 0.2) is 16.6 Å². The van der Waals surface area contributed by atoms with Gasteiger partial charge in [0.25, 0.3) is 0 Å². The number of halogens is 1. The Labute approximate surface area is 174 Å². The summed E-state index contributed by atoms with van der Waals surface area (Å²) >= 11 is 0. The molecule has 2 N–H and O–H groups in total. The Kier molecular flexibility index (Phi) is 11.1. The molecule has 2 aliphatic rings. The van der Waals surface area contributed by atoms with Gasteiger partial charge >= 0.3 is 0 Å². The topological polar surface area (TPSA) is 69.2 Å². The third-order valence-electron chi connectivity index (χ3n) is 4.49. The number of guanidine groups is 1. The quantitative estimate of drug-likeness (QED) is 0.258. The summed E-state index contributed by atoms with van der Waals surface area (Å²) in [5.74, 6) is 1.06. The Balaban J connectivity index is 0.00000338. The van der Waals surface area contributed by atoms with E-state index >= 15 is 0 Å². The van der Waals surface area contributed by atoms with E-state index in [-0.39, 0.29) is 35.9 Å². The highest BCUT2D eigenvalue weighted by atomic mass is 127. The van der Waals surface area contributed by atoms with E-state index in [1.807, 2.05) is 20.9 Å². The monoisotopic (exact) mass is 479 g/mol. The fourth-order valence-electron chi connectivity index (χ4n) is 3.15. The molecule has 26 heavy (non-hydrogen) atoms. The predicted octanol–water partition coefficient (Wildman–Crippen LogP) is 1.06. The summed E-state index contributed by atoms with van der Waals surface area (Å²) in [6, 6.07) is 0.197. The van der Waals surface area contributed by atoms with Crippen LogP contribution >= 0.6 is 24.0 Å². The van der Waals surface area contributed by atoms with Crippen molar-refractivity contribution in [3.63, 3.8) is 0 Å². The molecule has 1 fully saturated rings. The molecule has 2 heterocycles. The van der Waals surface area contributed by atoms with E-state index in [1.165, 1.54) is 5.57 Å². The summed E-state index contributed by atoms with van der Waals surface area (Å²) in [4.78, 5) is 20.8. The summed E-state index contributed by atoms with van der Waals surface area (Å²) in [5.41, 5.74) is 1.47. The van der Waals surface area contributed by atoms with Gasteiger partial charge in [-0.1, -0.05) is 11.6 Å². The van der Waals surface area contributed by atoms with Crippen LogP contribution in [0.1, 0.15) is 26.7 Å². The van der Waals surface area contributed by atoms with E-state index in [9.17, 15) is 4.79 Å². The molecule has 150 valence electrons. The molecule has 0 aromatic rings. The van der Waals surface area contributed by atoms with Crippen LogP contribution in [0.3, 0.4) is 0 Å². The highest BCUT2D eigenvalue weighted by Crippen LogP contribution is 2.11. The molecule has 0 bridgehead atoms. The number of ether oxygens (including phenoxy) is 1. The highest BCUT2D eigenvalue weighted by molar-refractivity contribution is 14.0. The number of nitrogens with zero attached hydrogens (tertiary/aromatic N) is 3. The molecule has 2 aliphatic heterocycles. The number of amides is 1. The van der Waals surface area contributed by atoms with Gasteiger partial charge in [0.15, 0.2) is 5.96 Å². The summed E-state index contributed by atoms with van der Waals surface area (Å²) in [6.45, 7) is 10.5. The molecule has 1 amide bonds. The van der Waals surface area contributed by atoms with Gasteiger partial charge in [0.05, 0.1) is 19.8 Å². The first-order valence-corrected chi connectivity index (χ1v) is 9.31. The number of carbonyl (C=O) groups is 1. The van der Waals surface area contributed by atoms with Crippen LogP contribution in [-0.4, -0.2) is 87.2 Å². The average molecular weight is 479 g/mol. The summed E-state index contributed by atoms with van der Waals surface area (Å²) in [6.07, 6.45) is 4.27. The van der Waals surface area contributed by atoms with Gasteiger partial charge < -0.3 is 20.3 Å². The molecule has 0 radical (unpaired) electrons. The molecule has 1 saturated heterocycles. The van der Waals surface area contributed by atoms with Gasteiger partial charge in [-0.05, 0) is 26.7 Å². The summed E-state index contributed by atoms with van der Waals surface area (Å²) < 4.78 is 5.34. The van der Waals surface area contributed by atoms with Crippen molar-refractivity contribution < 1.29 is 9.53 Å². The van der Waals surface area contributed by atoms with Crippen LogP contribution in [0, 0.1) is 0 Å². The lowest BCUT2D eigenvalue weighted by Gasteiger charge is -2.36. The van der Waals surface area contributed by atoms with E-state index in [0.29, 0.717) is 6.54 Å². The van der Waals surface area contributed by atoms with Gasteiger partial charge in [-0.15, -0.1) is 24.0 Å². The Hall–Kier alpha value is -0.870. The van der Waals surface area contributed by atoms with Crippen molar-refractivity contribution >= 4 is 35.8 Å². The van der Waals surface area contributed by atoms with Gasteiger partial charge in [0.2, 0.25) is 5.91 Å². The van der Waals surface area contributed by atoms with Gasteiger partial charge in [0.1, 0.15) is 0 Å². The molecular weight excluding hydrogens is 445 g/mol. The molecule has 0 atom stereocenters. The van der Waals surface area contributed by atoms with Gasteiger partial charge in [0, 0.05) is 45.8 Å². The minimum atomic E-state index is 0. The molecule has 0 aromatic heterocycles. The maximum Gasteiger partial charge on any atom is 0.234 e. The number of hydrogen-bond donors (Lipinski definition) is 2. The average Bonchev–Trinajstić information content (AvgIpc) is 2.60. The van der Waals surface area contributed by atoms with E-state index in [1.54, 1.807) is 0 Å². The standard InChI is InChI=1S/C18H33N5O2.HI/c1-15(2)21-17(24)14-22-8-10-23(11-9-22)18(19-3)20-7-4-16-5-12-25-13-6-16;/h5,15H,4,6-14H2,1-3H3,(H,19,20)(H,21,24);1H. The Morgan fingerprint density at radius 1 is 1.31 bits per heavy atom. The summed E-state index contributed by atoms with van der Waals surface area (Å²) in [7, 11) is 1.83. The molecule has 0 saturated carbocycles.